The van der Waals surface area contributed by atoms with E-state index in [2.05, 4.69) is 28.2 Å². The smallest absolute Gasteiger partial charge is 0.0865 e. The summed E-state index contributed by atoms with van der Waals surface area (Å²) >= 11 is 0. The number of rotatable bonds is 0. The van der Waals surface area contributed by atoms with Gasteiger partial charge in [0.15, 0.2) is 0 Å². The van der Waals surface area contributed by atoms with E-state index in [0.717, 1.165) is 11.8 Å². The Morgan fingerprint density at radius 2 is 1.20 bits per heavy atom. The third kappa shape index (κ3) is 2.94. The van der Waals surface area contributed by atoms with E-state index >= 15 is 0 Å². The maximum absolute atomic E-state index is 2.41. The molecule has 2 heterocycles. The topological polar surface area (TPSA) is 0 Å². The molecule has 2 saturated heterocycles. The van der Waals surface area contributed by atoms with Crippen LogP contribution in [0.5, 0.6) is 0 Å². The van der Waals surface area contributed by atoms with Crippen LogP contribution in [0.25, 0.3) is 0 Å². The quantitative estimate of drug-likeness (QED) is 0.535. The molecule has 0 unspecified atom stereocenters. The van der Waals surface area contributed by atoms with Crippen molar-refractivity contribution in [3.63, 3.8) is 0 Å². The maximum atomic E-state index is 2.41. The number of quaternary nitrogens is 2. The van der Waals surface area contributed by atoms with E-state index < -0.39 is 0 Å². The number of hydrogen-bond acceptors (Lipinski definition) is 0. The Labute approximate surface area is 95.0 Å². The van der Waals surface area contributed by atoms with Crippen LogP contribution >= 0.6 is 0 Å². The van der Waals surface area contributed by atoms with Crippen molar-refractivity contribution in [2.45, 2.75) is 19.3 Å². The molecule has 2 heteroatoms. The Bertz CT molecular complexity index is 211. The van der Waals surface area contributed by atoms with E-state index in [-0.39, 0.29) is 0 Å². The number of likely N-dealkylation sites (tertiary alicyclic amines) is 2. The second-order valence-electron chi connectivity index (χ2n) is 7.23. The molecule has 0 atom stereocenters. The summed E-state index contributed by atoms with van der Waals surface area (Å²) in [6, 6.07) is 0. The van der Waals surface area contributed by atoms with Crippen LogP contribution in [-0.4, -0.2) is 63.3 Å². The lowest BCUT2D eigenvalue weighted by Gasteiger charge is -2.36. The molecule has 2 nitrogen and oxygen atoms in total. The number of hydrogen-bond donors (Lipinski definition) is 0. The molecule has 88 valence electrons. The van der Waals surface area contributed by atoms with Crippen LogP contribution in [-0.2, 0) is 0 Å². The summed E-state index contributed by atoms with van der Waals surface area (Å²) in [5.41, 5.74) is 0. The molecule has 0 aromatic carbocycles. The molecule has 0 spiro atoms. The third-order valence-corrected chi connectivity index (χ3v) is 4.46. The fraction of sp³-hybridized carbons (Fsp3) is 1.00. The summed E-state index contributed by atoms with van der Waals surface area (Å²) in [7, 11) is 9.65. The molecule has 2 bridgehead atoms. The van der Waals surface area contributed by atoms with Crippen molar-refractivity contribution in [3.05, 3.63) is 0 Å². The van der Waals surface area contributed by atoms with E-state index in [4.69, 9.17) is 0 Å². The second kappa shape index (κ2) is 3.74. The van der Waals surface area contributed by atoms with Crippen LogP contribution in [0.2, 0.25) is 0 Å². The van der Waals surface area contributed by atoms with E-state index in [1.54, 1.807) is 0 Å². The first kappa shape index (κ1) is 11.4. The summed E-state index contributed by atoms with van der Waals surface area (Å²) in [6.07, 6.45) is 4.43. The molecule has 2 fully saturated rings. The first-order valence-electron chi connectivity index (χ1n) is 6.50. The van der Waals surface area contributed by atoms with Gasteiger partial charge in [-0.15, -0.1) is 0 Å². The predicted octanol–water partition coefficient (Wildman–Crippen LogP) is 1.57. The van der Waals surface area contributed by atoms with Crippen molar-refractivity contribution >= 4 is 0 Å². The molecule has 15 heavy (non-hydrogen) atoms. The summed E-state index contributed by atoms with van der Waals surface area (Å²) in [5, 5.41) is 0. The van der Waals surface area contributed by atoms with Crippen LogP contribution in [0.3, 0.4) is 0 Å². The Morgan fingerprint density at radius 1 is 0.733 bits per heavy atom. The van der Waals surface area contributed by atoms with Gasteiger partial charge in [-0.3, -0.25) is 0 Å². The van der Waals surface area contributed by atoms with Gasteiger partial charge in [0.2, 0.25) is 0 Å². The molecule has 2 aliphatic rings. The first-order chi connectivity index (χ1) is 6.86. The van der Waals surface area contributed by atoms with E-state index in [1.807, 2.05) is 0 Å². The van der Waals surface area contributed by atoms with Crippen LogP contribution in [0.4, 0.5) is 0 Å². The maximum Gasteiger partial charge on any atom is 0.0865 e. The van der Waals surface area contributed by atoms with Gasteiger partial charge in [0, 0.05) is 0 Å². The van der Waals surface area contributed by atoms with Crippen molar-refractivity contribution < 1.29 is 8.97 Å². The van der Waals surface area contributed by atoms with Crippen LogP contribution in [0.15, 0.2) is 0 Å². The summed E-state index contributed by atoms with van der Waals surface area (Å²) < 4.78 is 2.50. The van der Waals surface area contributed by atoms with Gasteiger partial charge in [-0.2, -0.15) is 0 Å². The highest BCUT2D eigenvalue weighted by atomic mass is 15.3. The Balaban J connectivity index is 2.12. The number of fused-ring (bicyclic) bond motifs is 2. The lowest BCUT2D eigenvalue weighted by Crippen LogP contribution is -2.49. The third-order valence-electron chi connectivity index (χ3n) is 4.46. The average molecular weight is 212 g/mol. The highest BCUT2D eigenvalue weighted by Crippen LogP contribution is 2.31. The molecule has 0 saturated carbocycles. The molecule has 0 aromatic heterocycles. The Hall–Kier alpha value is -0.0800. The predicted molar refractivity (Wildman–Crippen MR) is 64.5 cm³/mol. The van der Waals surface area contributed by atoms with Crippen molar-refractivity contribution in [1.29, 1.82) is 0 Å². The average Bonchev–Trinajstić information content (AvgIpc) is 2.28. The summed E-state index contributed by atoms with van der Waals surface area (Å²) in [5.74, 6) is 1.99. The van der Waals surface area contributed by atoms with Gasteiger partial charge >= 0.3 is 0 Å². The molecule has 0 aromatic rings. The molecular formula is C13H28N2+2. The molecule has 0 radical (unpaired) electrons. The fourth-order valence-corrected chi connectivity index (χ4v) is 3.70. The molecule has 0 N–H and O–H groups in total. The fourth-order valence-electron chi connectivity index (χ4n) is 3.70. The largest absolute Gasteiger partial charge is 0.328 e. The van der Waals surface area contributed by atoms with Crippen LogP contribution in [0.1, 0.15) is 19.3 Å². The zero-order valence-electron chi connectivity index (χ0n) is 11.0. The molecular weight excluding hydrogens is 184 g/mol. The lowest BCUT2D eigenvalue weighted by atomic mass is 9.93. The van der Waals surface area contributed by atoms with Crippen molar-refractivity contribution in [3.8, 4) is 0 Å². The highest BCUT2D eigenvalue weighted by molar-refractivity contribution is 4.73. The van der Waals surface area contributed by atoms with Crippen molar-refractivity contribution in [2.75, 3.05) is 54.4 Å². The van der Waals surface area contributed by atoms with Crippen molar-refractivity contribution in [2.24, 2.45) is 11.8 Å². The second-order valence-corrected chi connectivity index (χ2v) is 7.23. The minimum atomic E-state index is 0.963. The van der Waals surface area contributed by atoms with E-state index in [1.165, 1.54) is 54.4 Å². The monoisotopic (exact) mass is 212 g/mol. The highest BCUT2D eigenvalue weighted by Gasteiger charge is 2.37. The lowest BCUT2D eigenvalue weighted by molar-refractivity contribution is -0.914. The first-order valence-corrected chi connectivity index (χ1v) is 6.50. The van der Waals surface area contributed by atoms with Gasteiger partial charge < -0.3 is 8.97 Å². The van der Waals surface area contributed by atoms with Gasteiger partial charge in [0.1, 0.15) is 0 Å². The number of nitrogens with zero attached hydrogens (tertiary/aromatic N) is 2. The zero-order valence-corrected chi connectivity index (χ0v) is 11.0. The standard InChI is InChI=1S/C13H28N2/c1-14(2)7-5-12-6-8-15(3,4)11-13(9-12)10-14/h12-13H,5-11H2,1-4H3/q+2. The molecule has 2 rings (SSSR count). The van der Waals surface area contributed by atoms with Gasteiger partial charge in [0.25, 0.3) is 0 Å². The minimum absolute atomic E-state index is 0.963. The molecule has 0 amide bonds. The van der Waals surface area contributed by atoms with Gasteiger partial charge in [-0.05, 0) is 25.2 Å². The minimum Gasteiger partial charge on any atom is -0.328 e. The normalized spacial score (nSPS) is 39.2. The van der Waals surface area contributed by atoms with Gasteiger partial charge in [-0.25, -0.2) is 0 Å². The Morgan fingerprint density at radius 3 is 1.67 bits per heavy atom. The Kier molecular flexibility index (Phi) is 2.85. The zero-order chi connectivity index (χ0) is 11.1. The molecule has 0 aliphatic carbocycles. The van der Waals surface area contributed by atoms with Crippen LogP contribution in [0, 0.1) is 11.8 Å². The van der Waals surface area contributed by atoms with Crippen molar-refractivity contribution in [1.82, 2.24) is 0 Å². The summed E-state index contributed by atoms with van der Waals surface area (Å²) in [6.45, 7) is 5.60. The van der Waals surface area contributed by atoms with E-state index in [9.17, 15) is 0 Å². The molecule has 2 aliphatic heterocycles. The van der Waals surface area contributed by atoms with Gasteiger partial charge in [0.05, 0.1) is 60.3 Å². The summed E-state index contributed by atoms with van der Waals surface area (Å²) in [4.78, 5) is 0. The SMILES string of the molecule is C[N+]1(C)CCC2CC[N+](C)(C)CC(C2)C1. The van der Waals surface area contributed by atoms with Crippen LogP contribution < -0.4 is 0 Å². The van der Waals surface area contributed by atoms with Gasteiger partial charge in [-0.1, -0.05) is 0 Å². The van der Waals surface area contributed by atoms with E-state index in [0.29, 0.717) is 0 Å².